The van der Waals surface area contributed by atoms with Gasteiger partial charge in [-0.3, -0.25) is 5.10 Å². The first-order valence-electron chi connectivity index (χ1n) is 7.32. The molecule has 2 aromatic rings. The number of H-pyrrole nitrogens is 1. The number of nitrogens with zero attached hydrogens (tertiary/aromatic N) is 3. The van der Waals surface area contributed by atoms with Gasteiger partial charge in [0.2, 0.25) is 4.77 Å². The molecule has 4 nitrogen and oxygen atoms in total. The Morgan fingerprint density at radius 1 is 1.36 bits per heavy atom. The van der Waals surface area contributed by atoms with Crippen LogP contribution in [0.25, 0.3) is 0 Å². The van der Waals surface area contributed by atoms with Crippen molar-refractivity contribution < 1.29 is 4.39 Å². The van der Waals surface area contributed by atoms with Gasteiger partial charge in [-0.15, -0.1) is 0 Å². The maximum absolute atomic E-state index is 13.8. The van der Waals surface area contributed by atoms with Crippen LogP contribution in [-0.4, -0.2) is 21.1 Å². The van der Waals surface area contributed by atoms with Gasteiger partial charge in [0, 0.05) is 11.5 Å². The molecule has 0 radical (unpaired) electrons. The van der Waals surface area contributed by atoms with E-state index < -0.39 is 5.82 Å². The topological polar surface area (TPSA) is 46.0 Å². The highest BCUT2D eigenvalue weighted by Crippen LogP contribution is 2.31. The fourth-order valence-electron chi connectivity index (χ4n) is 2.79. The normalized spacial score (nSPS) is 16.5. The molecule has 1 aliphatic rings. The van der Waals surface area contributed by atoms with E-state index in [0.29, 0.717) is 15.7 Å². The highest BCUT2D eigenvalue weighted by molar-refractivity contribution is 7.71. The van der Waals surface area contributed by atoms with Crippen LogP contribution in [0.15, 0.2) is 23.3 Å². The summed E-state index contributed by atoms with van der Waals surface area (Å²) in [5, 5.41) is 11.7. The first-order valence-corrected chi connectivity index (χ1v) is 8.11. The van der Waals surface area contributed by atoms with Crippen LogP contribution < -0.4 is 0 Å². The summed E-state index contributed by atoms with van der Waals surface area (Å²) >= 11 is 11.2. The van der Waals surface area contributed by atoms with Gasteiger partial charge in [-0.05, 0) is 37.2 Å². The van der Waals surface area contributed by atoms with Crippen molar-refractivity contribution in [1.82, 2.24) is 14.9 Å². The maximum atomic E-state index is 13.8. The molecule has 0 saturated heterocycles. The number of aromatic nitrogens is 3. The van der Waals surface area contributed by atoms with Crippen LogP contribution in [0.4, 0.5) is 4.39 Å². The van der Waals surface area contributed by atoms with Crippen molar-refractivity contribution in [2.75, 3.05) is 0 Å². The van der Waals surface area contributed by atoms with Crippen LogP contribution >= 0.6 is 23.8 Å². The minimum absolute atomic E-state index is 0.252. The molecular weight excluding hydrogens is 323 g/mol. The zero-order valence-electron chi connectivity index (χ0n) is 11.9. The molecule has 1 saturated carbocycles. The van der Waals surface area contributed by atoms with Crippen molar-refractivity contribution in [3.8, 4) is 0 Å². The van der Waals surface area contributed by atoms with Crippen molar-refractivity contribution in [2.24, 2.45) is 5.10 Å². The predicted molar refractivity (Wildman–Crippen MR) is 87.6 cm³/mol. The Labute approximate surface area is 138 Å². The van der Waals surface area contributed by atoms with E-state index in [0.717, 1.165) is 18.7 Å². The molecule has 1 fully saturated rings. The lowest BCUT2D eigenvalue weighted by Crippen LogP contribution is -2.10. The average molecular weight is 339 g/mol. The SMILES string of the molecule is Fc1cccc(Cl)c1/C=N\n1c(C2CCCCC2)n[nH]c1=S. The number of aromatic amines is 1. The van der Waals surface area contributed by atoms with Gasteiger partial charge in [0.1, 0.15) is 5.82 Å². The van der Waals surface area contributed by atoms with Crippen molar-refractivity contribution in [1.29, 1.82) is 0 Å². The van der Waals surface area contributed by atoms with Gasteiger partial charge in [-0.1, -0.05) is 36.9 Å². The van der Waals surface area contributed by atoms with Crippen molar-refractivity contribution in [2.45, 2.75) is 38.0 Å². The van der Waals surface area contributed by atoms with E-state index in [1.807, 2.05) is 0 Å². The molecule has 0 atom stereocenters. The first-order chi connectivity index (χ1) is 10.7. The van der Waals surface area contributed by atoms with Gasteiger partial charge in [-0.2, -0.15) is 14.9 Å². The number of hydrogen-bond donors (Lipinski definition) is 1. The quantitative estimate of drug-likeness (QED) is 0.653. The Balaban J connectivity index is 1.93. The fourth-order valence-corrected chi connectivity index (χ4v) is 3.19. The van der Waals surface area contributed by atoms with Gasteiger partial charge in [-0.25, -0.2) is 4.39 Å². The molecule has 0 bridgehead atoms. The highest BCUT2D eigenvalue weighted by Gasteiger charge is 2.21. The van der Waals surface area contributed by atoms with Crippen molar-refractivity contribution >= 4 is 30.0 Å². The third-order valence-electron chi connectivity index (χ3n) is 3.95. The zero-order valence-corrected chi connectivity index (χ0v) is 13.5. The van der Waals surface area contributed by atoms with Gasteiger partial charge in [0.25, 0.3) is 0 Å². The van der Waals surface area contributed by atoms with Crippen LogP contribution in [0.3, 0.4) is 0 Å². The van der Waals surface area contributed by atoms with Gasteiger partial charge < -0.3 is 0 Å². The number of nitrogens with one attached hydrogen (secondary N) is 1. The molecule has 1 aromatic carbocycles. The summed E-state index contributed by atoms with van der Waals surface area (Å²) in [5.41, 5.74) is 0.252. The Morgan fingerprint density at radius 2 is 2.14 bits per heavy atom. The monoisotopic (exact) mass is 338 g/mol. The summed E-state index contributed by atoms with van der Waals surface area (Å²) in [6.07, 6.45) is 7.19. The summed E-state index contributed by atoms with van der Waals surface area (Å²) in [6.45, 7) is 0. The lowest BCUT2D eigenvalue weighted by Gasteiger charge is -2.19. The van der Waals surface area contributed by atoms with Crippen LogP contribution in [0, 0.1) is 10.6 Å². The molecule has 0 amide bonds. The summed E-state index contributed by atoms with van der Waals surface area (Å²) < 4.78 is 15.8. The molecule has 0 aliphatic heterocycles. The minimum atomic E-state index is -0.412. The molecule has 1 heterocycles. The van der Waals surface area contributed by atoms with E-state index in [9.17, 15) is 4.39 Å². The van der Waals surface area contributed by atoms with E-state index in [4.69, 9.17) is 23.8 Å². The maximum Gasteiger partial charge on any atom is 0.216 e. The number of halogens is 2. The van der Waals surface area contributed by atoms with E-state index >= 15 is 0 Å². The number of rotatable bonds is 3. The lowest BCUT2D eigenvalue weighted by atomic mass is 9.89. The molecule has 1 aliphatic carbocycles. The van der Waals surface area contributed by atoms with Gasteiger partial charge in [0.05, 0.1) is 11.2 Å². The molecule has 3 rings (SSSR count). The van der Waals surface area contributed by atoms with Crippen molar-refractivity contribution in [3.05, 3.63) is 45.2 Å². The predicted octanol–water partition coefficient (Wildman–Crippen LogP) is 4.66. The summed E-state index contributed by atoms with van der Waals surface area (Å²) in [4.78, 5) is 0. The van der Waals surface area contributed by atoms with Gasteiger partial charge in [0.15, 0.2) is 5.82 Å². The van der Waals surface area contributed by atoms with E-state index in [-0.39, 0.29) is 5.56 Å². The molecule has 0 unspecified atom stereocenters. The Bertz CT molecular complexity index is 726. The van der Waals surface area contributed by atoms with Gasteiger partial charge >= 0.3 is 0 Å². The third-order valence-corrected chi connectivity index (χ3v) is 4.54. The Morgan fingerprint density at radius 3 is 2.86 bits per heavy atom. The standard InChI is InChI=1S/C15H16ClFN4S/c16-12-7-4-8-13(17)11(12)9-18-21-14(19-20-15(21)22)10-5-2-1-3-6-10/h4,7-10H,1-3,5-6H2,(H,20,22)/b18-9-. The molecular formula is C15H16ClFN4S. The summed E-state index contributed by atoms with van der Waals surface area (Å²) in [7, 11) is 0. The molecule has 22 heavy (non-hydrogen) atoms. The molecule has 7 heteroatoms. The first kappa shape index (κ1) is 15.4. The third kappa shape index (κ3) is 3.13. The largest absolute Gasteiger partial charge is 0.250 e. The van der Waals surface area contributed by atoms with E-state index in [1.54, 1.807) is 16.8 Å². The summed E-state index contributed by atoms with van der Waals surface area (Å²) in [6, 6.07) is 4.54. The molecule has 1 aromatic heterocycles. The van der Waals surface area contributed by atoms with Crippen molar-refractivity contribution in [3.63, 3.8) is 0 Å². The highest BCUT2D eigenvalue weighted by atomic mass is 35.5. The minimum Gasteiger partial charge on any atom is -0.250 e. The van der Waals surface area contributed by atoms with E-state index in [2.05, 4.69) is 15.3 Å². The second kappa shape index (κ2) is 6.71. The number of hydrogen-bond acceptors (Lipinski definition) is 3. The summed E-state index contributed by atoms with van der Waals surface area (Å²) in [5.74, 6) is 0.744. The Kier molecular flexibility index (Phi) is 4.69. The molecule has 0 spiro atoms. The molecule has 1 N–H and O–H groups in total. The second-order valence-corrected chi connectivity index (χ2v) is 6.21. The Hall–Kier alpha value is -1.53. The fraction of sp³-hybridized carbons (Fsp3) is 0.400. The number of benzene rings is 1. The average Bonchev–Trinajstić information content (AvgIpc) is 2.89. The van der Waals surface area contributed by atoms with Crippen LogP contribution in [0.5, 0.6) is 0 Å². The van der Waals surface area contributed by atoms with Crippen LogP contribution in [-0.2, 0) is 0 Å². The van der Waals surface area contributed by atoms with Crippen LogP contribution in [0.2, 0.25) is 5.02 Å². The second-order valence-electron chi connectivity index (χ2n) is 5.41. The van der Waals surface area contributed by atoms with Crippen LogP contribution in [0.1, 0.15) is 49.4 Å². The zero-order chi connectivity index (χ0) is 15.5. The van der Waals surface area contributed by atoms with E-state index in [1.165, 1.54) is 31.5 Å². The molecule has 116 valence electrons. The lowest BCUT2D eigenvalue weighted by molar-refractivity contribution is 0.419. The smallest absolute Gasteiger partial charge is 0.216 e.